The first-order valence-corrected chi connectivity index (χ1v) is 10.5. The Balaban J connectivity index is 1.55. The second kappa shape index (κ2) is 6.00. The predicted molar refractivity (Wildman–Crippen MR) is 109 cm³/mol. The first-order valence-electron chi connectivity index (χ1n) is 10.5. The number of hydrogen-bond acceptors (Lipinski definition) is 5. The van der Waals surface area contributed by atoms with Crippen LogP contribution in [0.15, 0.2) is 24.4 Å². The van der Waals surface area contributed by atoms with Gasteiger partial charge in [-0.1, -0.05) is 6.07 Å². The maximum Gasteiger partial charge on any atom is 0.182 e. The predicted octanol–water partition coefficient (Wildman–Crippen LogP) is 3.75. The Hall–Kier alpha value is -2.50. The molecule has 3 aromatic rings. The van der Waals surface area contributed by atoms with Crippen LogP contribution in [0.1, 0.15) is 37.8 Å². The van der Waals surface area contributed by atoms with Crippen LogP contribution >= 0.6 is 0 Å². The number of rotatable bonds is 2. The van der Waals surface area contributed by atoms with E-state index < -0.39 is 0 Å². The summed E-state index contributed by atoms with van der Waals surface area (Å²) in [5.41, 5.74) is 2.75. The van der Waals surface area contributed by atoms with Gasteiger partial charge in [-0.2, -0.15) is 5.10 Å². The van der Waals surface area contributed by atoms with Crippen LogP contribution < -0.4 is 4.90 Å². The minimum atomic E-state index is 0.602. The maximum atomic E-state index is 5.11. The molecule has 0 spiro atoms. The van der Waals surface area contributed by atoms with Gasteiger partial charge in [-0.05, 0) is 68.9 Å². The van der Waals surface area contributed by atoms with Crippen molar-refractivity contribution >= 4 is 16.9 Å². The number of anilines is 1. The summed E-state index contributed by atoms with van der Waals surface area (Å²) in [4.78, 5) is 17.1. The van der Waals surface area contributed by atoms with Crippen LogP contribution in [0.5, 0.6) is 0 Å². The molecule has 6 nitrogen and oxygen atoms in total. The Morgan fingerprint density at radius 1 is 0.964 bits per heavy atom. The Morgan fingerprint density at radius 2 is 1.75 bits per heavy atom. The molecule has 4 fully saturated rings. The average Bonchev–Trinajstić information content (AvgIpc) is 2.84. The fraction of sp³-hybridized carbons (Fsp3) is 0.545. The summed E-state index contributed by atoms with van der Waals surface area (Å²) in [6.07, 6.45) is 8.69. The van der Waals surface area contributed by atoms with E-state index in [-0.39, 0.29) is 0 Å². The van der Waals surface area contributed by atoms with Crippen molar-refractivity contribution in [1.29, 1.82) is 0 Å². The van der Waals surface area contributed by atoms with Gasteiger partial charge in [0.25, 0.3) is 0 Å². The average molecular weight is 374 g/mol. The minimum Gasteiger partial charge on any atom is -0.353 e. The molecule has 4 atom stereocenters. The van der Waals surface area contributed by atoms with Gasteiger partial charge in [-0.15, -0.1) is 0 Å². The second-order valence-corrected chi connectivity index (χ2v) is 9.08. The van der Waals surface area contributed by atoms with Gasteiger partial charge in [0.05, 0.1) is 11.1 Å². The summed E-state index contributed by atoms with van der Waals surface area (Å²) in [6, 6.07) is 6.52. The van der Waals surface area contributed by atoms with Gasteiger partial charge in [0.1, 0.15) is 11.5 Å². The zero-order valence-electron chi connectivity index (χ0n) is 16.5. The smallest absolute Gasteiger partial charge is 0.182 e. The fourth-order valence-electron chi connectivity index (χ4n) is 6.18. The van der Waals surface area contributed by atoms with Crippen LogP contribution in [0.2, 0.25) is 0 Å². The molecule has 2 aliphatic heterocycles. The van der Waals surface area contributed by atoms with Crippen molar-refractivity contribution < 1.29 is 0 Å². The molecule has 5 heterocycles. The summed E-state index contributed by atoms with van der Waals surface area (Å²) in [6.45, 7) is 3.21. The van der Waals surface area contributed by atoms with E-state index in [0.717, 1.165) is 52.5 Å². The topological polar surface area (TPSA) is 59.7 Å². The van der Waals surface area contributed by atoms with E-state index >= 15 is 0 Å². The number of aryl methyl sites for hydroxylation is 2. The highest BCUT2D eigenvalue weighted by Crippen LogP contribution is 2.49. The third-order valence-electron chi connectivity index (χ3n) is 7.11. The molecule has 0 amide bonds. The Morgan fingerprint density at radius 3 is 2.50 bits per heavy atom. The zero-order valence-corrected chi connectivity index (χ0v) is 16.5. The molecule has 0 aromatic carbocycles. The SMILES string of the molecule is Cc1nn(C)c2nc(-c3ccccn3)nc(N3CC4C[C@@H]5CC3C[C@H](C4)C5)c12. The van der Waals surface area contributed by atoms with Crippen LogP contribution in [-0.4, -0.2) is 37.3 Å². The summed E-state index contributed by atoms with van der Waals surface area (Å²) < 4.78 is 1.89. The van der Waals surface area contributed by atoms with Crippen LogP contribution in [0.4, 0.5) is 5.82 Å². The largest absolute Gasteiger partial charge is 0.353 e. The lowest BCUT2D eigenvalue weighted by Crippen LogP contribution is -2.39. The van der Waals surface area contributed by atoms with Crippen molar-refractivity contribution in [3.05, 3.63) is 30.1 Å². The van der Waals surface area contributed by atoms with E-state index in [1.54, 1.807) is 0 Å². The number of fused-ring (bicyclic) bond motifs is 2. The van der Waals surface area contributed by atoms with E-state index in [0.29, 0.717) is 11.9 Å². The molecule has 0 N–H and O–H groups in total. The summed E-state index contributed by atoms with van der Waals surface area (Å²) in [5, 5.41) is 5.79. The van der Waals surface area contributed by atoms with Crippen LogP contribution in [0, 0.1) is 24.7 Å². The van der Waals surface area contributed by atoms with E-state index in [9.17, 15) is 0 Å². The molecule has 2 saturated carbocycles. The minimum absolute atomic E-state index is 0.602. The third kappa shape index (κ3) is 2.46. The molecule has 2 saturated heterocycles. The summed E-state index contributed by atoms with van der Waals surface area (Å²) >= 11 is 0. The third-order valence-corrected chi connectivity index (χ3v) is 7.11. The highest BCUT2D eigenvalue weighted by Gasteiger charge is 2.43. The molecule has 28 heavy (non-hydrogen) atoms. The molecule has 4 bridgehead atoms. The number of nitrogens with zero attached hydrogens (tertiary/aromatic N) is 6. The lowest BCUT2D eigenvalue weighted by atomic mass is 9.68. The quantitative estimate of drug-likeness (QED) is 0.684. The first-order chi connectivity index (χ1) is 13.7. The highest BCUT2D eigenvalue weighted by molar-refractivity contribution is 5.91. The fourth-order valence-corrected chi connectivity index (χ4v) is 6.18. The van der Waals surface area contributed by atoms with Crippen molar-refractivity contribution in [2.45, 2.75) is 45.1 Å². The van der Waals surface area contributed by atoms with Gasteiger partial charge in [-0.3, -0.25) is 9.67 Å². The molecule has 6 heteroatoms. The van der Waals surface area contributed by atoms with E-state index in [1.807, 2.05) is 36.1 Å². The lowest BCUT2D eigenvalue weighted by molar-refractivity contribution is 0.157. The van der Waals surface area contributed by atoms with E-state index in [1.165, 1.54) is 32.1 Å². The lowest BCUT2D eigenvalue weighted by Gasteiger charge is -2.39. The van der Waals surface area contributed by atoms with Crippen molar-refractivity contribution in [3.63, 3.8) is 0 Å². The molecule has 2 unspecified atom stereocenters. The van der Waals surface area contributed by atoms with Crippen molar-refractivity contribution in [2.24, 2.45) is 24.8 Å². The van der Waals surface area contributed by atoms with Crippen LogP contribution in [0.25, 0.3) is 22.6 Å². The normalized spacial score (nSPS) is 28.9. The van der Waals surface area contributed by atoms with Gasteiger partial charge in [-0.25, -0.2) is 9.97 Å². The van der Waals surface area contributed by atoms with Crippen LogP contribution in [0.3, 0.4) is 0 Å². The summed E-state index contributed by atoms with van der Waals surface area (Å²) in [5.74, 6) is 4.41. The van der Waals surface area contributed by atoms with E-state index in [2.05, 4.69) is 21.9 Å². The molecule has 7 rings (SSSR count). The molecule has 4 aliphatic rings. The highest BCUT2D eigenvalue weighted by atomic mass is 15.3. The number of hydrogen-bond donors (Lipinski definition) is 0. The van der Waals surface area contributed by atoms with Crippen LogP contribution in [-0.2, 0) is 7.05 Å². The maximum absolute atomic E-state index is 5.11. The molecular formula is C22H26N6. The summed E-state index contributed by atoms with van der Waals surface area (Å²) in [7, 11) is 1.98. The van der Waals surface area contributed by atoms with Gasteiger partial charge >= 0.3 is 0 Å². The number of aromatic nitrogens is 5. The van der Waals surface area contributed by atoms with Gasteiger partial charge in [0.2, 0.25) is 0 Å². The zero-order chi connectivity index (χ0) is 18.8. The molecule has 144 valence electrons. The van der Waals surface area contributed by atoms with Gasteiger partial charge in [0.15, 0.2) is 11.5 Å². The van der Waals surface area contributed by atoms with E-state index in [4.69, 9.17) is 9.97 Å². The number of pyridine rings is 1. The second-order valence-electron chi connectivity index (χ2n) is 9.08. The van der Waals surface area contributed by atoms with Gasteiger partial charge < -0.3 is 4.90 Å². The Labute approximate surface area is 165 Å². The van der Waals surface area contributed by atoms with Gasteiger partial charge in [0, 0.05) is 25.8 Å². The molecular weight excluding hydrogens is 348 g/mol. The molecule has 3 aromatic heterocycles. The monoisotopic (exact) mass is 374 g/mol. The molecule has 2 aliphatic carbocycles. The Kier molecular flexibility index (Phi) is 3.52. The molecule has 0 radical (unpaired) electrons. The Bertz CT molecular complexity index is 1030. The standard InChI is InChI=1S/C22H26N6/c1-13-19-21(27(2)26-13)24-20(18-5-3-4-6-23-18)25-22(19)28-12-16-8-14-7-15(9-16)11-17(28)10-14/h3-6,14-17H,7-12H2,1-2H3/t14-,15+,16?,17?. The van der Waals surface area contributed by atoms with Crippen molar-refractivity contribution in [3.8, 4) is 11.5 Å². The first kappa shape index (κ1) is 16.5. The van der Waals surface area contributed by atoms with Crippen molar-refractivity contribution in [2.75, 3.05) is 11.4 Å². The van der Waals surface area contributed by atoms with Crippen molar-refractivity contribution in [1.82, 2.24) is 24.7 Å².